The lowest BCUT2D eigenvalue weighted by Gasteiger charge is -2.15. The molecule has 0 bridgehead atoms. The molecule has 1 unspecified atom stereocenters. The van der Waals surface area contributed by atoms with Crippen molar-refractivity contribution in [1.29, 1.82) is 0 Å². The Balaban J connectivity index is 2.39. The van der Waals surface area contributed by atoms with Gasteiger partial charge in [-0.05, 0) is 30.4 Å². The van der Waals surface area contributed by atoms with Gasteiger partial charge in [0.25, 0.3) is 0 Å². The minimum absolute atomic E-state index is 0.349. The number of hydrogen-bond donors (Lipinski definition) is 2. The van der Waals surface area contributed by atoms with Gasteiger partial charge in [-0.3, -0.25) is 11.3 Å². The average Bonchev–Trinajstić information content (AvgIpc) is 2.65. The molecule has 0 aromatic carbocycles. The minimum atomic E-state index is 0.349. The molecule has 1 aromatic heterocycles. The fourth-order valence-electron chi connectivity index (χ4n) is 1.81. The molecule has 1 heterocycles. The van der Waals surface area contributed by atoms with Crippen LogP contribution in [0.1, 0.15) is 55.5 Å². The number of hydrazine groups is 1. The summed E-state index contributed by atoms with van der Waals surface area (Å²) in [4.78, 5) is 1.40. The molecule has 0 saturated heterocycles. The Morgan fingerprint density at radius 1 is 1.40 bits per heavy atom. The summed E-state index contributed by atoms with van der Waals surface area (Å²) in [6.07, 6.45) is 6.36. The zero-order chi connectivity index (χ0) is 11.1. The van der Waals surface area contributed by atoms with E-state index in [1.807, 2.05) is 0 Å². The zero-order valence-electron chi connectivity index (χ0n) is 9.75. The maximum absolute atomic E-state index is 5.60. The number of nitrogens with two attached hydrogens (primary N) is 1. The van der Waals surface area contributed by atoms with Crippen molar-refractivity contribution < 1.29 is 0 Å². The summed E-state index contributed by atoms with van der Waals surface area (Å²) in [6.45, 7) is 4.39. The van der Waals surface area contributed by atoms with Gasteiger partial charge in [0.1, 0.15) is 0 Å². The minimum Gasteiger partial charge on any atom is -0.271 e. The summed E-state index contributed by atoms with van der Waals surface area (Å²) >= 11 is 1.80. The number of nitrogens with one attached hydrogen (secondary N) is 1. The topological polar surface area (TPSA) is 38.0 Å². The Kier molecular flexibility index (Phi) is 5.91. The van der Waals surface area contributed by atoms with Crippen molar-refractivity contribution in [2.45, 2.75) is 52.0 Å². The van der Waals surface area contributed by atoms with Crippen LogP contribution >= 0.6 is 11.3 Å². The number of hydrogen-bond acceptors (Lipinski definition) is 3. The van der Waals surface area contributed by atoms with Crippen LogP contribution in [-0.4, -0.2) is 0 Å². The van der Waals surface area contributed by atoms with Crippen LogP contribution in [0.15, 0.2) is 11.4 Å². The molecule has 0 radical (unpaired) electrons. The van der Waals surface area contributed by atoms with E-state index < -0.39 is 0 Å². The third-order valence-corrected chi connectivity index (χ3v) is 3.90. The van der Waals surface area contributed by atoms with Crippen molar-refractivity contribution in [3.05, 3.63) is 21.9 Å². The Morgan fingerprint density at radius 2 is 2.20 bits per heavy atom. The predicted octanol–water partition coefficient (Wildman–Crippen LogP) is 3.53. The maximum atomic E-state index is 5.60. The van der Waals surface area contributed by atoms with Gasteiger partial charge in [-0.2, -0.15) is 0 Å². The lowest BCUT2D eigenvalue weighted by atomic mass is 10.0. The van der Waals surface area contributed by atoms with Crippen molar-refractivity contribution in [2.24, 2.45) is 5.84 Å². The summed E-state index contributed by atoms with van der Waals surface area (Å²) in [5, 5.41) is 2.14. The highest BCUT2D eigenvalue weighted by atomic mass is 32.1. The largest absolute Gasteiger partial charge is 0.271 e. The van der Waals surface area contributed by atoms with Crippen LogP contribution in [0.4, 0.5) is 0 Å². The van der Waals surface area contributed by atoms with Crippen LogP contribution < -0.4 is 11.3 Å². The van der Waals surface area contributed by atoms with Gasteiger partial charge in [0.05, 0.1) is 6.04 Å². The highest BCUT2D eigenvalue weighted by molar-refractivity contribution is 7.10. The van der Waals surface area contributed by atoms with Crippen molar-refractivity contribution in [1.82, 2.24) is 5.43 Å². The second kappa shape index (κ2) is 6.99. The normalized spacial score (nSPS) is 13.0. The van der Waals surface area contributed by atoms with Gasteiger partial charge in [0, 0.05) is 4.88 Å². The SMILES string of the molecule is CCCCCCC(NN)c1sccc1C. The number of aryl methyl sites for hydroxylation is 1. The molecule has 3 N–H and O–H groups in total. The fraction of sp³-hybridized carbons (Fsp3) is 0.667. The van der Waals surface area contributed by atoms with Crippen LogP contribution in [0.5, 0.6) is 0 Å². The van der Waals surface area contributed by atoms with Gasteiger partial charge in [0.2, 0.25) is 0 Å². The van der Waals surface area contributed by atoms with Gasteiger partial charge in [-0.15, -0.1) is 11.3 Å². The van der Waals surface area contributed by atoms with Gasteiger partial charge in [0.15, 0.2) is 0 Å². The van der Waals surface area contributed by atoms with Crippen molar-refractivity contribution in [3.8, 4) is 0 Å². The first kappa shape index (κ1) is 12.7. The number of rotatable bonds is 7. The van der Waals surface area contributed by atoms with E-state index in [1.54, 1.807) is 11.3 Å². The van der Waals surface area contributed by atoms with E-state index >= 15 is 0 Å². The van der Waals surface area contributed by atoms with Gasteiger partial charge in [-0.25, -0.2) is 0 Å². The van der Waals surface area contributed by atoms with Gasteiger partial charge < -0.3 is 0 Å². The smallest absolute Gasteiger partial charge is 0.0555 e. The van der Waals surface area contributed by atoms with Gasteiger partial charge >= 0.3 is 0 Å². The first-order valence-corrected chi connectivity index (χ1v) is 6.67. The molecule has 0 aliphatic rings. The predicted molar refractivity (Wildman–Crippen MR) is 67.9 cm³/mol. The molecule has 0 aliphatic heterocycles. The maximum Gasteiger partial charge on any atom is 0.0555 e. The molecule has 0 fully saturated rings. The van der Waals surface area contributed by atoms with Crippen LogP contribution in [0, 0.1) is 6.92 Å². The van der Waals surface area contributed by atoms with Gasteiger partial charge in [-0.1, -0.05) is 32.6 Å². The van der Waals surface area contributed by atoms with Crippen LogP contribution in [0.2, 0.25) is 0 Å². The Labute approximate surface area is 96.9 Å². The van der Waals surface area contributed by atoms with Crippen molar-refractivity contribution in [3.63, 3.8) is 0 Å². The summed E-state index contributed by atoms with van der Waals surface area (Å²) < 4.78 is 0. The Morgan fingerprint density at radius 3 is 2.73 bits per heavy atom. The highest BCUT2D eigenvalue weighted by Crippen LogP contribution is 2.27. The average molecular weight is 226 g/mol. The summed E-state index contributed by atoms with van der Waals surface area (Å²) in [6, 6.07) is 2.51. The van der Waals surface area contributed by atoms with E-state index in [9.17, 15) is 0 Å². The van der Waals surface area contributed by atoms with E-state index in [4.69, 9.17) is 5.84 Å². The molecular formula is C12H22N2S. The van der Waals surface area contributed by atoms with Crippen molar-refractivity contribution >= 4 is 11.3 Å². The summed E-state index contributed by atoms with van der Waals surface area (Å²) in [7, 11) is 0. The molecule has 1 atom stereocenters. The van der Waals surface area contributed by atoms with Crippen LogP contribution in [0.25, 0.3) is 0 Å². The van der Waals surface area contributed by atoms with E-state index in [0.29, 0.717) is 6.04 Å². The molecule has 0 spiro atoms. The van der Waals surface area contributed by atoms with E-state index in [1.165, 1.54) is 36.1 Å². The second-order valence-electron chi connectivity index (χ2n) is 4.04. The molecule has 15 heavy (non-hydrogen) atoms. The second-order valence-corrected chi connectivity index (χ2v) is 4.98. The summed E-state index contributed by atoms with van der Waals surface area (Å²) in [5.74, 6) is 5.60. The molecule has 1 aromatic rings. The Bertz CT molecular complexity index is 270. The number of thiophene rings is 1. The molecule has 0 aliphatic carbocycles. The van der Waals surface area contributed by atoms with Crippen LogP contribution in [0.3, 0.4) is 0 Å². The van der Waals surface area contributed by atoms with Crippen molar-refractivity contribution in [2.75, 3.05) is 0 Å². The molecular weight excluding hydrogens is 204 g/mol. The zero-order valence-corrected chi connectivity index (χ0v) is 10.6. The molecule has 1 rings (SSSR count). The molecule has 3 heteroatoms. The van der Waals surface area contributed by atoms with E-state index in [2.05, 4.69) is 30.7 Å². The highest BCUT2D eigenvalue weighted by Gasteiger charge is 2.12. The monoisotopic (exact) mass is 226 g/mol. The number of unbranched alkanes of at least 4 members (excludes halogenated alkanes) is 3. The molecule has 86 valence electrons. The Hall–Kier alpha value is -0.380. The molecule has 2 nitrogen and oxygen atoms in total. The van der Waals surface area contributed by atoms with E-state index in [-0.39, 0.29) is 0 Å². The first-order valence-electron chi connectivity index (χ1n) is 5.79. The molecule has 0 amide bonds. The molecule has 0 saturated carbocycles. The lowest BCUT2D eigenvalue weighted by Crippen LogP contribution is -2.27. The third kappa shape index (κ3) is 3.93. The lowest BCUT2D eigenvalue weighted by molar-refractivity contribution is 0.486. The summed E-state index contributed by atoms with van der Waals surface area (Å²) in [5.41, 5.74) is 4.29. The first-order chi connectivity index (χ1) is 7.29. The van der Waals surface area contributed by atoms with E-state index in [0.717, 1.165) is 6.42 Å². The third-order valence-electron chi connectivity index (χ3n) is 2.77. The standard InChI is InChI=1S/C12H22N2S/c1-3-4-5-6-7-11(14-13)12-10(2)8-9-15-12/h8-9,11,14H,3-7,13H2,1-2H3. The fourth-order valence-corrected chi connectivity index (χ4v) is 2.83. The van der Waals surface area contributed by atoms with Crippen LogP contribution in [-0.2, 0) is 0 Å². The quantitative estimate of drug-likeness (QED) is 0.424.